The predicted octanol–water partition coefficient (Wildman–Crippen LogP) is 1.07. The number of nitrogens with two attached hydrogens (primary N) is 1. The lowest BCUT2D eigenvalue weighted by molar-refractivity contribution is -0.123. The molecule has 0 atom stereocenters. The lowest BCUT2D eigenvalue weighted by atomic mass is 9.97. The number of unbranched alkanes of at least 4 members (excludes halogenated alkanes) is 1. The van der Waals surface area contributed by atoms with Crippen molar-refractivity contribution >= 4 is 5.78 Å². The third-order valence-electron chi connectivity index (χ3n) is 2.22. The first kappa shape index (κ1) is 12.6. The quantitative estimate of drug-likeness (QED) is 0.585. The number of hydrogen-bond donors (Lipinski definition) is 2. The van der Waals surface area contributed by atoms with Crippen molar-refractivity contribution < 1.29 is 4.79 Å². The van der Waals surface area contributed by atoms with Crippen molar-refractivity contribution in [3.05, 3.63) is 0 Å². The normalized spacial score (nSPS) is 11.7. The molecule has 0 unspecified atom stereocenters. The number of ketones is 1. The summed E-state index contributed by atoms with van der Waals surface area (Å²) in [5.41, 5.74) is 5.00. The minimum atomic E-state index is -0.372. The van der Waals surface area contributed by atoms with E-state index < -0.39 is 0 Å². The lowest BCUT2D eigenvalue weighted by Crippen LogP contribution is -2.46. The van der Waals surface area contributed by atoms with Gasteiger partial charge in [0.25, 0.3) is 0 Å². The van der Waals surface area contributed by atoms with Crippen molar-refractivity contribution in [1.82, 2.24) is 5.32 Å². The second-order valence-corrected chi connectivity index (χ2v) is 3.82. The van der Waals surface area contributed by atoms with Crippen LogP contribution in [0.5, 0.6) is 0 Å². The molecule has 3 nitrogen and oxygen atoms in total. The van der Waals surface area contributed by atoms with E-state index in [0.29, 0.717) is 6.42 Å². The molecule has 0 aromatic rings. The van der Waals surface area contributed by atoms with E-state index in [1.54, 1.807) is 0 Å². The van der Waals surface area contributed by atoms with Gasteiger partial charge in [0.1, 0.15) is 0 Å². The summed E-state index contributed by atoms with van der Waals surface area (Å²) in [4.78, 5) is 11.4. The van der Waals surface area contributed by atoms with Crippen LogP contribution in [0.2, 0.25) is 0 Å². The van der Waals surface area contributed by atoms with Crippen molar-refractivity contribution in [3.63, 3.8) is 0 Å². The van der Waals surface area contributed by atoms with Crippen molar-refractivity contribution in [3.8, 4) is 0 Å². The molecule has 0 bridgehead atoms. The summed E-state index contributed by atoms with van der Waals surface area (Å²) >= 11 is 0. The topological polar surface area (TPSA) is 55.1 Å². The average Bonchev–Trinajstić information content (AvgIpc) is 2.11. The van der Waals surface area contributed by atoms with Crippen LogP contribution in [-0.2, 0) is 4.79 Å². The van der Waals surface area contributed by atoms with E-state index in [9.17, 15) is 4.79 Å². The highest BCUT2D eigenvalue weighted by Crippen LogP contribution is 2.06. The van der Waals surface area contributed by atoms with Crippen molar-refractivity contribution in [2.75, 3.05) is 13.1 Å². The maximum atomic E-state index is 11.4. The van der Waals surface area contributed by atoms with Crippen LogP contribution in [0.25, 0.3) is 0 Å². The van der Waals surface area contributed by atoms with Crippen LogP contribution in [0.4, 0.5) is 0 Å². The molecule has 0 amide bonds. The van der Waals surface area contributed by atoms with Crippen LogP contribution in [-0.4, -0.2) is 24.4 Å². The van der Waals surface area contributed by atoms with E-state index >= 15 is 0 Å². The third-order valence-corrected chi connectivity index (χ3v) is 2.22. The zero-order valence-electron chi connectivity index (χ0n) is 9.02. The summed E-state index contributed by atoms with van der Waals surface area (Å²) in [5.74, 6) is 0.264. The summed E-state index contributed by atoms with van der Waals surface area (Å²) in [7, 11) is 0. The maximum Gasteiger partial charge on any atom is 0.152 e. The SMILES string of the molecule is CCC(=O)C(C)(C)NCCCCN. The predicted molar refractivity (Wildman–Crippen MR) is 55.7 cm³/mol. The first-order valence-electron chi connectivity index (χ1n) is 5.03. The molecule has 78 valence electrons. The highest BCUT2D eigenvalue weighted by molar-refractivity contribution is 5.87. The molecule has 3 N–H and O–H groups in total. The molecule has 0 aliphatic heterocycles. The smallest absolute Gasteiger partial charge is 0.152 e. The Hall–Kier alpha value is -0.410. The molecule has 0 heterocycles. The first-order valence-corrected chi connectivity index (χ1v) is 5.03. The molecule has 0 aliphatic carbocycles. The Balaban J connectivity index is 3.69. The number of rotatable bonds is 7. The standard InChI is InChI=1S/C10H22N2O/c1-4-9(13)10(2,3)12-8-6-5-7-11/h12H,4-8,11H2,1-3H3. The van der Waals surface area contributed by atoms with Crippen LogP contribution in [0.1, 0.15) is 40.0 Å². The van der Waals surface area contributed by atoms with Gasteiger partial charge in [-0.05, 0) is 39.8 Å². The second-order valence-electron chi connectivity index (χ2n) is 3.82. The van der Waals surface area contributed by atoms with Gasteiger partial charge < -0.3 is 11.1 Å². The number of carbonyl (C=O) groups is 1. The Labute approximate surface area is 81.1 Å². The fourth-order valence-electron chi connectivity index (χ4n) is 1.21. The third kappa shape index (κ3) is 5.01. The molecular weight excluding hydrogens is 164 g/mol. The number of carbonyl (C=O) groups excluding carboxylic acids is 1. The molecular formula is C10H22N2O. The summed E-state index contributed by atoms with van der Waals surface area (Å²) in [6.07, 6.45) is 2.65. The Morgan fingerprint density at radius 2 is 2.00 bits per heavy atom. The van der Waals surface area contributed by atoms with Crippen LogP contribution >= 0.6 is 0 Å². The zero-order valence-corrected chi connectivity index (χ0v) is 9.02. The Morgan fingerprint density at radius 1 is 1.38 bits per heavy atom. The second kappa shape index (κ2) is 6.11. The van der Waals surface area contributed by atoms with Gasteiger partial charge in [-0.15, -0.1) is 0 Å². The minimum Gasteiger partial charge on any atom is -0.330 e. The van der Waals surface area contributed by atoms with Gasteiger partial charge in [-0.3, -0.25) is 4.79 Å². The highest BCUT2D eigenvalue weighted by atomic mass is 16.1. The van der Waals surface area contributed by atoms with E-state index in [1.807, 2.05) is 20.8 Å². The molecule has 13 heavy (non-hydrogen) atoms. The van der Waals surface area contributed by atoms with E-state index in [1.165, 1.54) is 0 Å². The number of hydrogen-bond acceptors (Lipinski definition) is 3. The van der Waals surface area contributed by atoms with Crippen molar-refractivity contribution in [2.45, 2.75) is 45.6 Å². The summed E-state index contributed by atoms with van der Waals surface area (Å²) in [6.45, 7) is 7.36. The molecule has 0 saturated heterocycles. The lowest BCUT2D eigenvalue weighted by Gasteiger charge is -2.24. The molecule has 0 aromatic heterocycles. The summed E-state index contributed by atoms with van der Waals surface area (Å²) in [6, 6.07) is 0. The molecule has 0 radical (unpaired) electrons. The average molecular weight is 186 g/mol. The Kier molecular flexibility index (Phi) is 5.91. The molecule has 0 saturated carbocycles. The summed E-state index contributed by atoms with van der Waals surface area (Å²) in [5, 5.41) is 3.24. The number of Topliss-reactive ketones (excluding diaryl/α,β-unsaturated/α-hetero) is 1. The Morgan fingerprint density at radius 3 is 2.46 bits per heavy atom. The molecule has 0 aliphatic rings. The fourth-order valence-corrected chi connectivity index (χ4v) is 1.21. The molecule has 0 rings (SSSR count). The largest absolute Gasteiger partial charge is 0.330 e. The molecule has 0 spiro atoms. The van der Waals surface area contributed by atoms with Crippen LogP contribution in [0.3, 0.4) is 0 Å². The van der Waals surface area contributed by atoms with Gasteiger partial charge in [0.05, 0.1) is 5.54 Å². The monoisotopic (exact) mass is 186 g/mol. The van der Waals surface area contributed by atoms with Crippen LogP contribution < -0.4 is 11.1 Å². The van der Waals surface area contributed by atoms with Crippen LogP contribution in [0.15, 0.2) is 0 Å². The van der Waals surface area contributed by atoms with Gasteiger partial charge in [-0.2, -0.15) is 0 Å². The van der Waals surface area contributed by atoms with E-state index in [4.69, 9.17) is 5.73 Å². The van der Waals surface area contributed by atoms with Gasteiger partial charge in [0.2, 0.25) is 0 Å². The van der Waals surface area contributed by atoms with Gasteiger partial charge in [0.15, 0.2) is 5.78 Å². The van der Waals surface area contributed by atoms with Crippen molar-refractivity contribution in [2.24, 2.45) is 5.73 Å². The van der Waals surface area contributed by atoms with E-state index in [2.05, 4.69) is 5.32 Å². The van der Waals surface area contributed by atoms with Gasteiger partial charge in [-0.1, -0.05) is 6.92 Å². The minimum absolute atomic E-state index is 0.264. The molecule has 0 fully saturated rings. The van der Waals surface area contributed by atoms with Gasteiger partial charge in [-0.25, -0.2) is 0 Å². The van der Waals surface area contributed by atoms with E-state index in [0.717, 1.165) is 25.9 Å². The van der Waals surface area contributed by atoms with Gasteiger partial charge in [0, 0.05) is 6.42 Å². The molecule has 3 heteroatoms. The van der Waals surface area contributed by atoms with Crippen molar-refractivity contribution in [1.29, 1.82) is 0 Å². The maximum absolute atomic E-state index is 11.4. The fraction of sp³-hybridized carbons (Fsp3) is 0.900. The molecule has 0 aromatic carbocycles. The number of nitrogens with one attached hydrogen (secondary N) is 1. The van der Waals surface area contributed by atoms with Crippen LogP contribution in [0, 0.1) is 0 Å². The van der Waals surface area contributed by atoms with E-state index in [-0.39, 0.29) is 11.3 Å². The summed E-state index contributed by atoms with van der Waals surface area (Å²) < 4.78 is 0. The van der Waals surface area contributed by atoms with Gasteiger partial charge >= 0.3 is 0 Å². The first-order chi connectivity index (χ1) is 6.04. The highest BCUT2D eigenvalue weighted by Gasteiger charge is 2.23. The Bertz CT molecular complexity index is 155. The zero-order chi connectivity index (χ0) is 10.3.